The number of hydrogen-bond donors (Lipinski definition) is 1. The van der Waals surface area contributed by atoms with Crippen LogP contribution in [0.1, 0.15) is 12.7 Å². The van der Waals surface area contributed by atoms with Gasteiger partial charge in [-0.15, -0.1) is 0 Å². The summed E-state index contributed by atoms with van der Waals surface area (Å²) in [6.45, 7) is 2.85. The maximum absolute atomic E-state index is 12.1. The van der Waals surface area contributed by atoms with Crippen molar-refractivity contribution in [2.24, 2.45) is 0 Å². The quantitative estimate of drug-likeness (QED) is 0.583. The van der Waals surface area contributed by atoms with Crippen LogP contribution in [0.15, 0.2) is 18.2 Å². The molecule has 0 amide bonds. The average Bonchev–Trinajstić information content (AvgIpc) is 2.76. The second kappa shape index (κ2) is 4.67. The first kappa shape index (κ1) is 13.0. The third-order valence-corrected chi connectivity index (χ3v) is 3.72. The SMILES string of the molecule is CCOCc1nc2c(N)nc3cccc4c3c2n1CC(=O)O4. The fourth-order valence-corrected chi connectivity index (χ4v) is 2.81. The van der Waals surface area contributed by atoms with Gasteiger partial charge in [-0.05, 0) is 19.1 Å². The molecule has 112 valence electrons. The number of anilines is 1. The lowest BCUT2D eigenvalue weighted by molar-refractivity contribution is -0.134. The number of rotatable bonds is 3. The smallest absolute Gasteiger partial charge is 0.331 e. The van der Waals surface area contributed by atoms with Crippen molar-refractivity contribution in [3.05, 3.63) is 24.0 Å². The predicted octanol–water partition coefficient (Wildman–Crippen LogP) is 1.62. The molecule has 0 bridgehead atoms. The van der Waals surface area contributed by atoms with Gasteiger partial charge in [0.15, 0.2) is 5.82 Å². The Labute approximate surface area is 125 Å². The van der Waals surface area contributed by atoms with Crippen LogP contribution in [0, 0.1) is 0 Å². The molecule has 2 aromatic heterocycles. The first-order valence-corrected chi connectivity index (χ1v) is 7.04. The molecule has 0 aliphatic carbocycles. The zero-order chi connectivity index (χ0) is 15.3. The molecule has 0 fully saturated rings. The highest BCUT2D eigenvalue weighted by Crippen LogP contribution is 2.36. The Kier molecular flexibility index (Phi) is 2.77. The lowest BCUT2D eigenvalue weighted by Crippen LogP contribution is -2.16. The fraction of sp³-hybridized carbons (Fsp3) is 0.267. The minimum absolute atomic E-state index is 0.0755. The van der Waals surface area contributed by atoms with E-state index in [1.165, 1.54) is 0 Å². The number of nitrogen functional groups attached to an aromatic ring is 1. The minimum atomic E-state index is -0.348. The standard InChI is InChI=1S/C15H14N4O3/c1-2-21-7-10-18-13-14-12-8(17-15(13)16)4-3-5-9(12)22-11(20)6-19(10)14/h3-5H,2,6-7H2,1H3,(H2,16,17). The molecule has 2 N–H and O–H groups in total. The van der Waals surface area contributed by atoms with Crippen molar-refractivity contribution in [1.82, 2.24) is 14.5 Å². The van der Waals surface area contributed by atoms with Crippen molar-refractivity contribution in [2.45, 2.75) is 20.1 Å². The van der Waals surface area contributed by atoms with Crippen LogP contribution in [0.5, 0.6) is 5.75 Å². The summed E-state index contributed by atoms with van der Waals surface area (Å²) in [4.78, 5) is 21.0. The molecule has 0 saturated heterocycles. The van der Waals surface area contributed by atoms with E-state index in [0.717, 1.165) is 10.9 Å². The summed E-state index contributed by atoms with van der Waals surface area (Å²) in [5.41, 5.74) is 8.07. The van der Waals surface area contributed by atoms with E-state index in [2.05, 4.69) is 9.97 Å². The summed E-state index contributed by atoms with van der Waals surface area (Å²) in [6.07, 6.45) is 0. The zero-order valence-electron chi connectivity index (χ0n) is 12.0. The normalized spacial score (nSPS) is 13.8. The summed E-state index contributed by atoms with van der Waals surface area (Å²) < 4.78 is 12.7. The Bertz CT molecular complexity index is 916. The van der Waals surface area contributed by atoms with Gasteiger partial charge in [0.1, 0.15) is 30.2 Å². The Balaban J connectivity index is 2.13. The van der Waals surface area contributed by atoms with Gasteiger partial charge in [-0.1, -0.05) is 6.07 Å². The third kappa shape index (κ3) is 1.75. The molecule has 22 heavy (non-hydrogen) atoms. The van der Waals surface area contributed by atoms with Crippen LogP contribution in [-0.4, -0.2) is 27.1 Å². The molecule has 4 rings (SSSR count). The number of nitrogens with two attached hydrogens (primary N) is 1. The number of ether oxygens (including phenoxy) is 2. The van der Waals surface area contributed by atoms with E-state index in [9.17, 15) is 4.79 Å². The van der Waals surface area contributed by atoms with Gasteiger partial charge >= 0.3 is 5.97 Å². The first-order chi connectivity index (χ1) is 10.7. The molecule has 3 aromatic rings. The second-order valence-corrected chi connectivity index (χ2v) is 5.07. The molecule has 1 aliphatic rings. The Morgan fingerprint density at radius 3 is 3.09 bits per heavy atom. The summed E-state index contributed by atoms with van der Waals surface area (Å²) in [7, 11) is 0. The number of benzene rings is 1. The van der Waals surface area contributed by atoms with Crippen LogP contribution >= 0.6 is 0 Å². The highest BCUT2D eigenvalue weighted by Gasteiger charge is 2.25. The van der Waals surface area contributed by atoms with E-state index in [-0.39, 0.29) is 12.5 Å². The van der Waals surface area contributed by atoms with Gasteiger partial charge < -0.3 is 19.8 Å². The zero-order valence-corrected chi connectivity index (χ0v) is 12.0. The van der Waals surface area contributed by atoms with E-state index in [0.29, 0.717) is 41.6 Å². The van der Waals surface area contributed by atoms with Crippen molar-refractivity contribution in [3.63, 3.8) is 0 Å². The van der Waals surface area contributed by atoms with E-state index < -0.39 is 0 Å². The van der Waals surface area contributed by atoms with Crippen molar-refractivity contribution in [1.29, 1.82) is 0 Å². The molecule has 0 atom stereocenters. The second-order valence-electron chi connectivity index (χ2n) is 5.07. The summed E-state index contributed by atoms with van der Waals surface area (Å²) >= 11 is 0. The van der Waals surface area contributed by atoms with Crippen molar-refractivity contribution in [2.75, 3.05) is 12.3 Å². The molecule has 1 aliphatic heterocycles. The average molecular weight is 298 g/mol. The lowest BCUT2D eigenvalue weighted by atomic mass is 10.1. The van der Waals surface area contributed by atoms with Crippen LogP contribution in [0.4, 0.5) is 5.82 Å². The van der Waals surface area contributed by atoms with Gasteiger partial charge in [-0.2, -0.15) is 0 Å². The van der Waals surface area contributed by atoms with Crippen LogP contribution < -0.4 is 10.5 Å². The van der Waals surface area contributed by atoms with E-state index in [4.69, 9.17) is 15.2 Å². The lowest BCUT2D eigenvalue weighted by Gasteiger charge is -2.05. The molecular formula is C15H14N4O3. The molecule has 3 heterocycles. The maximum atomic E-state index is 12.1. The molecule has 0 radical (unpaired) electrons. The van der Waals surface area contributed by atoms with Crippen LogP contribution in [0.25, 0.3) is 21.9 Å². The molecular weight excluding hydrogens is 284 g/mol. The van der Waals surface area contributed by atoms with E-state index in [1.54, 1.807) is 12.1 Å². The number of carbonyl (C=O) groups is 1. The predicted molar refractivity (Wildman–Crippen MR) is 80.4 cm³/mol. The highest BCUT2D eigenvalue weighted by molar-refractivity contribution is 6.11. The van der Waals surface area contributed by atoms with Crippen molar-refractivity contribution in [3.8, 4) is 5.75 Å². The van der Waals surface area contributed by atoms with Crippen LogP contribution in [0.2, 0.25) is 0 Å². The number of nitrogens with zero attached hydrogens (tertiary/aromatic N) is 3. The number of esters is 1. The van der Waals surface area contributed by atoms with Gasteiger partial charge in [0.25, 0.3) is 0 Å². The number of imidazole rings is 1. The first-order valence-electron chi connectivity index (χ1n) is 7.04. The topological polar surface area (TPSA) is 92.3 Å². The van der Waals surface area contributed by atoms with E-state index >= 15 is 0 Å². The molecule has 0 unspecified atom stereocenters. The van der Waals surface area contributed by atoms with Crippen molar-refractivity contribution >= 4 is 33.7 Å². The number of aromatic nitrogens is 3. The highest BCUT2D eigenvalue weighted by atomic mass is 16.5. The minimum Gasteiger partial charge on any atom is -0.424 e. The Morgan fingerprint density at radius 2 is 2.27 bits per heavy atom. The van der Waals surface area contributed by atoms with Gasteiger partial charge in [0.05, 0.1) is 16.4 Å². The third-order valence-electron chi connectivity index (χ3n) is 3.72. The van der Waals surface area contributed by atoms with Crippen molar-refractivity contribution < 1.29 is 14.3 Å². The van der Waals surface area contributed by atoms with Crippen LogP contribution in [-0.2, 0) is 22.7 Å². The molecule has 0 saturated carbocycles. The number of carbonyl (C=O) groups excluding carboxylic acids is 1. The van der Waals surface area contributed by atoms with Gasteiger partial charge in [0, 0.05) is 6.61 Å². The maximum Gasteiger partial charge on any atom is 0.331 e. The molecule has 0 spiro atoms. The fourth-order valence-electron chi connectivity index (χ4n) is 2.81. The molecule has 7 nitrogen and oxygen atoms in total. The summed E-state index contributed by atoms with van der Waals surface area (Å²) in [5, 5.41) is 0.757. The summed E-state index contributed by atoms with van der Waals surface area (Å²) in [5.74, 6) is 1.12. The molecule has 1 aromatic carbocycles. The largest absolute Gasteiger partial charge is 0.424 e. The van der Waals surface area contributed by atoms with Crippen LogP contribution in [0.3, 0.4) is 0 Å². The summed E-state index contributed by atoms with van der Waals surface area (Å²) in [6, 6.07) is 5.38. The number of hydrogen-bond acceptors (Lipinski definition) is 6. The monoisotopic (exact) mass is 298 g/mol. The van der Waals surface area contributed by atoms with Gasteiger partial charge in [-0.25, -0.2) is 14.8 Å². The Morgan fingerprint density at radius 1 is 1.41 bits per heavy atom. The number of pyridine rings is 1. The van der Waals surface area contributed by atoms with Gasteiger partial charge in [-0.3, -0.25) is 0 Å². The Hall–Kier alpha value is -2.67. The van der Waals surface area contributed by atoms with Gasteiger partial charge in [0.2, 0.25) is 0 Å². The van der Waals surface area contributed by atoms with E-state index in [1.807, 2.05) is 17.6 Å². The molecule has 7 heteroatoms.